The van der Waals surface area contributed by atoms with Crippen LogP contribution in [-0.4, -0.2) is 30.7 Å². The Labute approximate surface area is 121 Å². The second kappa shape index (κ2) is 6.67. The van der Waals surface area contributed by atoms with Crippen molar-refractivity contribution in [1.82, 2.24) is 5.32 Å². The Hall–Kier alpha value is -0.670. The maximum atomic E-state index is 5.18. The van der Waals surface area contributed by atoms with E-state index in [2.05, 4.69) is 30.6 Å². The average molecular weight is 279 g/mol. The molecule has 0 saturated heterocycles. The van der Waals surface area contributed by atoms with Crippen molar-refractivity contribution in [3.05, 3.63) is 29.8 Å². The van der Waals surface area contributed by atoms with Gasteiger partial charge >= 0.3 is 0 Å². The van der Waals surface area contributed by atoms with Gasteiger partial charge in [0, 0.05) is 17.3 Å². The molecule has 0 aromatic heterocycles. The van der Waals surface area contributed by atoms with Crippen molar-refractivity contribution in [2.45, 2.75) is 43.4 Å². The first-order valence-corrected chi connectivity index (χ1v) is 8.31. The number of benzene rings is 1. The first-order chi connectivity index (χ1) is 9.17. The fourth-order valence-corrected chi connectivity index (χ4v) is 3.50. The molecular weight excluding hydrogens is 254 g/mol. The highest BCUT2D eigenvalue weighted by Crippen LogP contribution is 2.42. The predicted octanol–water partition coefficient (Wildman–Crippen LogP) is 3.50. The van der Waals surface area contributed by atoms with E-state index in [1.54, 1.807) is 7.11 Å². The van der Waals surface area contributed by atoms with Crippen molar-refractivity contribution >= 4 is 11.8 Å². The molecule has 0 bridgehead atoms. The summed E-state index contributed by atoms with van der Waals surface area (Å²) in [4.78, 5) is 0. The Morgan fingerprint density at radius 1 is 1.32 bits per heavy atom. The molecule has 1 saturated carbocycles. The Balaban J connectivity index is 1.78. The molecule has 1 aliphatic carbocycles. The minimum absolute atomic E-state index is 0.522. The number of methoxy groups -OCH3 is 1. The smallest absolute Gasteiger partial charge is 0.118 e. The second-order valence-corrected chi connectivity index (χ2v) is 6.85. The quantitative estimate of drug-likeness (QED) is 0.825. The van der Waals surface area contributed by atoms with Crippen LogP contribution in [0.4, 0.5) is 0 Å². The van der Waals surface area contributed by atoms with Crippen LogP contribution in [0.15, 0.2) is 24.3 Å². The van der Waals surface area contributed by atoms with Gasteiger partial charge in [0.1, 0.15) is 5.75 Å². The van der Waals surface area contributed by atoms with E-state index in [4.69, 9.17) is 4.74 Å². The van der Waals surface area contributed by atoms with Gasteiger partial charge in [-0.15, -0.1) is 0 Å². The molecule has 0 radical (unpaired) electrons. The second-order valence-electron chi connectivity index (χ2n) is 5.57. The van der Waals surface area contributed by atoms with Crippen LogP contribution in [-0.2, 0) is 6.42 Å². The van der Waals surface area contributed by atoms with Gasteiger partial charge in [-0.25, -0.2) is 0 Å². The number of ether oxygens (including phenoxy) is 1. The molecule has 19 heavy (non-hydrogen) atoms. The molecule has 1 fully saturated rings. The van der Waals surface area contributed by atoms with Gasteiger partial charge in [0.2, 0.25) is 0 Å². The van der Waals surface area contributed by atoms with Crippen molar-refractivity contribution < 1.29 is 4.74 Å². The molecular formula is C16H25NOS. The highest BCUT2D eigenvalue weighted by molar-refractivity contribution is 8.00. The van der Waals surface area contributed by atoms with E-state index in [0.717, 1.165) is 18.7 Å². The lowest BCUT2D eigenvalue weighted by Crippen LogP contribution is -2.46. The van der Waals surface area contributed by atoms with Gasteiger partial charge in [-0.05, 0) is 50.1 Å². The molecule has 2 nitrogen and oxygen atoms in total. The first kappa shape index (κ1) is 14.7. The molecule has 1 atom stereocenters. The summed E-state index contributed by atoms with van der Waals surface area (Å²) in [6.07, 6.45) is 7.46. The van der Waals surface area contributed by atoms with E-state index in [1.165, 1.54) is 24.8 Å². The Morgan fingerprint density at radius 3 is 2.47 bits per heavy atom. The monoisotopic (exact) mass is 279 g/mol. The zero-order valence-corrected chi connectivity index (χ0v) is 13.1. The highest BCUT2D eigenvalue weighted by Gasteiger charge is 2.35. The maximum Gasteiger partial charge on any atom is 0.118 e. The lowest BCUT2D eigenvalue weighted by Gasteiger charge is -2.41. The van der Waals surface area contributed by atoms with Gasteiger partial charge in [-0.1, -0.05) is 18.6 Å². The summed E-state index contributed by atoms with van der Waals surface area (Å²) in [5.41, 5.74) is 1.37. The van der Waals surface area contributed by atoms with Gasteiger partial charge in [0.25, 0.3) is 0 Å². The Bertz CT molecular complexity index is 381. The van der Waals surface area contributed by atoms with Crippen LogP contribution in [0.3, 0.4) is 0 Å². The number of rotatable bonds is 7. The Morgan fingerprint density at radius 2 is 2.00 bits per heavy atom. The van der Waals surface area contributed by atoms with Crippen molar-refractivity contribution in [2.24, 2.45) is 0 Å². The van der Waals surface area contributed by atoms with E-state index >= 15 is 0 Å². The summed E-state index contributed by atoms with van der Waals surface area (Å²) in [7, 11) is 1.71. The predicted molar refractivity (Wildman–Crippen MR) is 84.3 cm³/mol. The van der Waals surface area contributed by atoms with E-state index in [9.17, 15) is 0 Å². The van der Waals surface area contributed by atoms with Gasteiger partial charge in [-0.3, -0.25) is 0 Å². The van der Waals surface area contributed by atoms with Crippen LogP contribution < -0.4 is 10.1 Å². The summed E-state index contributed by atoms with van der Waals surface area (Å²) in [6, 6.07) is 8.92. The summed E-state index contributed by atoms with van der Waals surface area (Å²) < 4.78 is 5.71. The summed E-state index contributed by atoms with van der Waals surface area (Å²) >= 11 is 2.03. The third-order valence-corrected chi connectivity index (χ3v) is 5.59. The molecule has 0 aliphatic heterocycles. The van der Waals surface area contributed by atoms with E-state index in [1.807, 2.05) is 23.9 Å². The number of thioether (sulfide) groups is 1. The van der Waals surface area contributed by atoms with Crippen molar-refractivity contribution in [2.75, 3.05) is 19.9 Å². The third kappa shape index (κ3) is 3.90. The summed E-state index contributed by atoms with van der Waals surface area (Å²) in [5, 5.41) is 3.70. The lowest BCUT2D eigenvalue weighted by molar-refractivity contribution is 0.332. The molecule has 0 heterocycles. The molecule has 1 unspecified atom stereocenters. The van der Waals surface area contributed by atoms with Gasteiger partial charge in [0.15, 0.2) is 0 Å². The average Bonchev–Trinajstić information content (AvgIpc) is 2.39. The minimum Gasteiger partial charge on any atom is -0.497 e. The molecule has 0 amide bonds. The van der Waals surface area contributed by atoms with Crippen molar-refractivity contribution in [1.29, 1.82) is 0 Å². The Kier molecular flexibility index (Phi) is 5.17. The third-order valence-electron chi connectivity index (χ3n) is 4.17. The van der Waals surface area contributed by atoms with Crippen LogP contribution in [0.5, 0.6) is 5.75 Å². The van der Waals surface area contributed by atoms with E-state index in [0.29, 0.717) is 10.8 Å². The van der Waals surface area contributed by atoms with Gasteiger partial charge in [-0.2, -0.15) is 11.8 Å². The standard InChI is InChI=1S/C16H25NOS/c1-13(17-12-16(19-3)9-4-10-16)11-14-5-7-15(18-2)8-6-14/h5-8,13,17H,4,9-12H2,1-3H3. The van der Waals surface area contributed by atoms with Crippen LogP contribution in [0, 0.1) is 0 Å². The molecule has 2 rings (SSSR count). The summed E-state index contributed by atoms with van der Waals surface area (Å²) in [6.45, 7) is 3.42. The number of nitrogens with one attached hydrogen (secondary N) is 1. The molecule has 1 N–H and O–H groups in total. The molecule has 106 valence electrons. The molecule has 3 heteroatoms. The van der Waals surface area contributed by atoms with Crippen LogP contribution in [0.25, 0.3) is 0 Å². The van der Waals surface area contributed by atoms with Crippen LogP contribution in [0.1, 0.15) is 31.7 Å². The number of hydrogen-bond acceptors (Lipinski definition) is 3. The molecule has 1 aromatic rings. The fourth-order valence-electron chi connectivity index (χ4n) is 2.57. The fraction of sp³-hybridized carbons (Fsp3) is 0.625. The van der Waals surface area contributed by atoms with Crippen LogP contribution >= 0.6 is 11.8 Å². The lowest BCUT2D eigenvalue weighted by atomic mass is 9.84. The van der Waals surface area contributed by atoms with Gasteiger partial charge < -0.3 is 10.1 Å². The number of hydrogen-bond donors (Lipinski definition) is 1. The first-order valence-electron chi connectivity index (χ1n) is 7.09. The zero-order chi connectivity index (χ0) is 13.7. The molecule has 1 aliphatic rings. The molecule has 0 spiro atoms. The van der Waals surface area contributed by atoms with Gasteiger partial charge in [0.05, 0.1) is 7.11 Å². The van der Waals surface area contributed by atoms with E-state index < -0.39 is 0 Å². The summed E-state index contributed by atoms with van der Waals surface area (Å²) in [5.74, 6) is 0.931. The normalized spacial score (nSPS) is 18.7. The highest BCUT2D eigenvalue weighted by atomic mass is 32.2. The minimum atomic E-state index is 0.522. The molecule has 1 aromatic carbocycles. The largest absolute Gasteiger partial charge is 0.497 e. The maximum absolute atomic E-state index is 5.18. The van der Waals surface area contributed by atoms with Crippen molar-refractivity contribution in [3.8, 4) is 5.75 Å². The van der Waals surface area contributed by atoms with Crippen LogP contribution in [0.2, 0.25) is 0 Å². The van der Waals surface area contributed by atoms with E-state index in [-0.39, 0.29) is 0 Å². The topological polar surface area (TPSA) is 21.3 Å². The zero-order valence-electron chi connectivity index (χ0n) is 12.2. The SMILES string of the molecule is COc1ccc(CC(C)NCC2(SC)CCC2)cc1. The van der Waals surface area contributed by atoms with Crippen molar-refractivity contribution in [3.63, 3.8) is 0 Å².